The van der Waals surface area contributed by atoms with E-state index < -0.39 is 9.84 Å². The smallest absolute Gasteiger partial charge is 0.246 e. The van der Waals surface area contributed by atoms with Crippen LogP contribution in [0.4, 0.5) is 5.88 Å². The van der Waals surface area contributed by atoms with E-state index in [1.807, 2.05) is 26.0 Å². The van der Waals surface area contributed by atoms with Crippen molar-refractivity contribution in [3.8, 4) is 0 Å². The fraction of sp³-hybridized carbons (Fsp3) is 0.350. The Morgan fingerprint density at radius 3 is 2.69 bits per heavy atom. The van der Waals surface area contributed by atoms with Gasteiger partial charge in [0.1, 0.15) is 5.58 Å². The van der Waals surface area contributed by atoms with E-state index in [0.29, 0.717) is 42.6 Å². The number of sulfone groups is 1. The zero-order valence-electron chi connectivity index (χ0n) is 16.5. The van der Waals surface area contributed by atoms with Crippen molar-refractivity contribution in [2.45, 2.75) is 38.5 Å². The van der Waals surface area contributed by atoms with Gasteiger partial charge < -0.3 is 10.2 Å². The molecule has 1 aromatic carbocycles. The Bertz CT molecular complexity index is 1300. The topological polar surface area (TPSA) is 119 Å². The van der Waals surface area contributed by atoms with Gasteiger partial charge in [0.05, 0.1) is 16.6 Å². The predicted molar refractivity (Wildman–Crippen MR) is 109 cm³/mol. The van der Waals surface area contributed by atoms with E-state index in [-0.39, 0.29) is 16.5 Å². The van der Waals surface area contributed by atoms with Gasteiger partial charge in [0.15, 0.2) is 11.3 Å². The first-order valence-corrected chi connectivity index (χ1v) is 11.1. The molecule has 2 N–H and O–H groups in total. The minimum absolute atomic E-state index is 0.124. The van der Waals surface area contributed by atoms with Crippen LogP contribution in [0.15, 0.2) is 32.7 Å². The van der Waals surface area contributed by atoms with E-state index >= 15 is 0 Å². The van der Waals surface area contributed by atoms with E-state index in [2.05, 4.69) is 14.9 Å². The van der Waals surface area contributed by atoms with Crippen molar-refractivity contribution < 1.29 is 12.8 Å². The van der Waals surface area contributed by atoms with E-state index in [9.17, 15) is 13.2 Å². The molecule has 0 bridgehead atoms. The number of anilines is 1. The van der Waals surface area contributed by atoms with E-state index in [4.69, 9.17) is 10.2 Å². The number of nitrogens with zero attached hydrogens (tertiary/aromatic N) is 3. The number of nitrogens with two attached hydrogens (primary N) is 1. The van der Waals surface area contributed by atoms with Crippen LogP contribution in [-0.4, -0.2) is 36.1 Å². The number of aromatic nitrogens is 2. The van der Waals surface area contributed by atoms with Crippen LogP contribution in [0.25, 0.3) is 11.0 Å². The average Bonchev–Trinajstić information content (AvgIpc) is 2.66. The number of rotatable bonds is 3. The molecule has 152 valence electrons. The van der Waals surface area contributed by atoms with Crippen LogP contribution in [0.1, 0.15) is 27.9 Å². The molecule has 0 unspecified atom stereocenters. The first-order chi connectivity index (χ1) is 13.6. The molecule has 8 nitrogen and oxygen atoms in total. The summed E-state index contributed by atoms with van der Waals surface area (Å²) < 4.78 is 29.0. The van der Waals surface area contributed by atoms with Crippen LogP contribution < -0.4 is 11.2 Å². The van der Waals surface area contributed by atoms with Gasteiger partial charge >= 0.3 is 0 Å². The predicted octanol–water partition coefficient (Wildman–Crippen LogP) is 1.74. The molecule has 0 aliphatic carbocycles. The number of fused-ring (bicyclic) bond motifs is 2. The molecule has 3 aromatic rings. The second kappa shape index (κ2) is 6.93. The van der Waals surface area contributed by atoms with Crippen LogP contribution in [0.3, 0.4) is 0 Å². The molecule has 0 fully saturated rings. The van der Waals surface area contributed by atoms with Crippen LogP contribution in [-0.2, 0) is 29.3 Å². The van der Waals surface area contributed by atoms with Crippen molar-refractivity contribution in [1.82, 2.24) is 14.9 Å². The molecule has 9 heteroatoms. The minimum atomic E-state index is -3.44. The Morgan fingerprint density at radius 1 is 1.24 bits per heavy atom. The van der Waals surface area contributed by atoms with Gasteiger partial charge in [-0.25, -0.2) is 18.4 Å². The summed E-state index contributed by atoms with van der Waals surface area (Å²) in [5.74, 6) is 0.125. The first kappa shape index (κ1) is 19.5. The second-order valence-corrected chi connectivity index (χ2v) is 9.47. The summed E-state index contributed by atoms with van der Waals surface area (Å²) >= 11 is 0. The molecule has 2 aromatic heterocycles. The Balaban J connectivity index is 1.65. The molecule has 0 radical (unpaired) electrons. The van der Waals surface area contributed by atoms with Gasteiger partial charge in [-0.05, 0) is 37.1 Å². The average molecular weight is 414 g/mol. The Morgan fingerprint density at radius 2 is 1.97 bits per heavy atom. The third kappa shape index (κ3) is 3.63. The Labute approximate surface area is 168 Å². The summed E-state index contributed by atoms with van der Waals surface area (Å²) in [5, 5.41) is 0.366. The van der Waals surface area contributed by atoms with Gasteiger partial charge in [-0.1, -0.05) is 0 Å². The lowest BCUT2D eigenvalue weighted by Crippen LogP contribution is -2.33. The highest BCUT2D eigenvalue weighted by atomic mass is 32.2. The number of benzene rings is 1. The van der Waals surface area contributed by atoms with Gasteiger partial charge in [-0.2, -0.15) is 0 Å². The Kier molecular flexibility index (Phi) is 4.66. The highest BCUT2D eigenvalue weighted by Crippen LogP contribution is 2.24. The summed E-state index contributed by atoms with van der Waals surface area (Å²) in [6, 6.07) is 3.67. The van der Waals surface area contributed by atoms with Crippen molar-refractivity contribution in [3.63, 3.8) is 0 Å². The highest BCUT2D eigenvalue weighted by Gasteiger charge is 2.23. The molecule has 3 heterocycles. The van der Waals surface area contributed by atoms with Gasteiger partial charge in [0.25, 0.3) is 0 Å². The highest BCUT2D eigenvalue weighted by molar-refractivity contribution is 7.90. The van der Waals surface area contributed by atoms with Gasteiger partial charge in [-0.3, -0.25) is 9.69 Å². The zero-order chi connectivity index (χ0) is 20.9. The van der Waals surface area contributed by atoms with Crippen molar-refractivity contribution in [1.29, 1.82) is 0 Å². The lowest BCUT2D eigenvalue weighted by atomic mass is 10.0. The van der Waals surface area contributed by atoms with Gasteiger partial charge in [0.2, 0.25) is 15.0 Å². The van der Waals surface area contributed by atoms with Gasteiger partial charge in [0, 0.05) is 44.1 Å². The summed E-state index contributed by atoms with van der Waals surface area (Å²) in [4.78, 5) is 23.2. The monoisotopic (exact) mass is 414 g/mol. The molecule has 0 amide bonds. The fourth-order valence-corrected chi connectivity index (χ4v) is 4.07. The molecule has 0 spiro atoms. The third-order valence-electron chi connectivity index (χ3n) is 5.34. The van der Waals surface area contributed by atoms with E-state index in [0.717, 1.165) is 28.6 Å². The van der Waals surface area contributed by atoms with Crippen LogP contribution in [0.5, 0.6) is 0 Å². The molecule has 0 atom stereocenters. The summed E-state index contributed by atoms with van der Waals surface area (Å²) in [7, 11) is -3.44. The summed E-state index contributed by atoms with van der Waals surface area (Å²) in [6.45, 7) is 5.38. The van der Waals surface area contributed by atoms with E-state index in [1.54, 1.807) is 6.20 Å². The largest absolute Gasteiger partial charge is 0.440 e. The fourth-order valence-electron chi connectivity index (χ4n) is 3.55. The lowest BCUT2D eigenvalue weighted by Gasteiger charge is -2.28. The molecular formula is C20H22N4O4S. The molecule has 29 heavy (non-hydrogen) atoms. The van der Waals surface area contributed by atoms with Crippen LogP contribution in [0, 0.1) is 13.8 Å². The van der Waals surface area contributed by atoms with Crippen molar-refractivity contribution in [2.24, 2.45) is 0 Å². The molecule has 4 rings (SSSR count). The molecule has 1 aliphatic heterocycles. The number of aryl methyl sites for hydroxylation is 2. The van der Waals surface area contributed by atoms with Crippen molar-refractivity contribution >= 4 is 26.7 Å². The van der Waals surface area contributed by atoms with Gasteiger partial charge in [-0.15, -0.1) is 0 Å². The molecule has 1 aliphatic rings. The normalized spacial score (nSPS) is 14.9. The summed E-state index contributed by atoms with van der Waals surface area (Å²) in [5.41, 5.74) is 10.5. The SMILES string of the molecule is Cc1cc2oc(N)c(CN3CCc4nc(S(C)(=O)=O)ncc4C3)c(=O)c2cc1C. The summed E-state index contributed by atoms with van der Waals surface area (Å²) in [6.07, 6.45) is 3.20. The van der Waals surface area contributed by atoms with Crippen LogP contribution >= 0.6 is 0 Å². The maximum absolute atomic E-state index is 13.0. The van der Waals surface area contributed by atoms with E-state index in [1.165, 1.54) is 0 Å². The quantitative estimate of drug-likeness (QED) is 0.644. The maximum atomic E-state index is 13.0. The molecular weight excluding hydrogens is 392 g/mol. The van der Waals surface area contributed by atoms with Crippen molar-refractivity contribution in [3.05, 3.63) is 56.5 Å². The van der Waals surface area contributed by atoms with Crippen molar-refractivity contribution in [2.75, 3.05) is 18.5 Å². The number of hydrogen-bond donors (Lipinski definition) is 1. The molecule has 0 saturated heterocycles. The second-order valence-electron chi connectivity index (χ2n) is 7.56. The zero-order valence-corrected chi connectivity index (χ0v) is 17.3. The number of hydrogen-bond acceptors (Lipinski definition) is 8. The third-order valence-corrected chi connectivity index (χ3v) is 6.20. The Hall–Kier alpha value is -2.78. The number of nitrogen functional groups attached to an aromatic ring is 1. The first-order valence-electron chi connectivity index (χ1n) is 9.23. The standard InChI is InChI=1S/C20H22N4O4S/c1-11-6-14-17(7-12(11)2)28-19(21)15(18(14)25)10-24-5-4-16-13(9-24)8-22-20(23-16)29(3,26)27/h6-8H,4-5,9-10,21H2,1-3H3. The maximum Gasteiger partial charge on any atom is 0.246 e. The lowest BCUT2D eigenvalue weighted by molar-refractivity contribution is 0.240. The minimum Gasteiger partial charge on any atom is -0.440 e. The molecule has 0 saturated carbocycles. The van der Waals surface area contributed by atoms with Crippen LogP contribution in [0.2, 0.25) is 0 Å².